The van der Waals surface area contributed by atoms with Gasteiger partial charge in [-0.05, 0) is 23.8 Å². The average molecular weight is 364 g/mol. The Morgan fingerprint density at radius 2 is 1.81 bits per heavy atom. The van der Waals surface area contributed by atoms with Crippen LogP contribution in [0.4, 0.5) is 0 Å². The number of amides is 1. The Labute approximate surface area is 159 Å². The fraction of sp³-hybridized carbons (Fsp3) is 0.318. The average Bonchev–Trinajstić information content (AvgIpc) is 2.73. The van der Waals surface area contributed by atoms with Crippen LogP contribution in [0.3, 0.4) is 0 Å². The first-order chi connectivity index (χ1) is 13.2. The van der Waals surface area contributed by atoms with Gasteiger partial charge in [-0.15, -0.1) is 0 Å². The number of carbonyl (C=O) groups is 1. The van der Waals surface area contributed by atoms with E-state index >= 15 is 0 Å². The summed E-state index contributed by atoms with van der Waals surface area (Å²) in [5.41, 5.74) is 2.84. The predicted octanol–water partition coefficient (Wildman–Crippen LogP) is 2.82. The molecule has 2 heterocycles. The molecule has 4 rings (SSSR count). The number of nitrogens with zero attached hydrogens (tertiary/aromatic N) is 2. The molecule has 5 nitrogen and oxygen atoms in total. The normalized spacial score (nSPS) is 16.9. The van der Waals surface area contributed by atoms with Crippen molar-refractivity contribution >= 4 is 12.0 Å². The van der Waals surface area contributed by atoms with E-state index in [9.17, 15) is 4.79 Å². The molecule has 140 valence electrons. The number of benzene rings is 2. The fourth-order valence-corrected chi connectivity index (χ4v) is 3.62. The maximum absolute atomic E-state index is 12.9. The quantitative estimate of drug-likeness (QED) is 0.837. The SMILES string of the molecule is COc1cccc2c1C=C(C(=O)N1CCN(Cc3ccccc3)CC1)CO2. The second-order valence-electron chi connectivity index (χ2n) is 6.88. The van der Waals surface area contributed by atoms with Crippen LogP contribution < -0.4 is 9.47 Å². The molecule has 0 saturated carbocycles. The molecule has 0 radical (unpaired) electrons. The van der Waals surface area contributed by atoms with Crippen LogP contribution in [0.15, 0.2) is 54.1 Å². The van der Waals surface area contributed by atoms with Crippen LogP contribution in [-0.2, 0) is 11.3 Å². The molecule has 2 aromatic rings. The van der Waals surface area contributed by atoms with E-state index < -0.39 is 0 Å². The molecule has 0 unspecified atom stereocenters. The molecule has 5 heteroatoms. The lowest BCUT2D eigenvalue weighted by Gasteiger charge is -2.35. The van der Waals surface area contributed by atoms with E-state index in [4.69, 9.17) is 9.47 Å². The topological polar surface area (TPSA) is 42.0 Å². The summed E-state index contributed by atoms with van der Waals surface area (Å²) in [6.45, 7) is 4.48. The molecule has 2 aromatic carbocycles. The van der Waals surface area contributed by atoms with E-state index in [1.165, 1.54) is 5.56 Å². The summed E-state index contributed by atoms with van der Waals surface area (Å²) in [6.07, 6.45) is 1.91. The van der Waals surface area contributed by atoms with E-state index in [1.54, 1.807) is 7.11 Å². The minimum absolute atomic E-state index is 0.0610. The van der Waals surface area contributed by atoms with Gasteiger partial charge in [-0.2, -0.15) is 0 Å². The number of methoxy groups -OCH3 is 1. The fourth-order valence-electron chi connectivity index (χ4n) is 3.62. The maximum atomic E-state index is 12.9. The van der Waals surface area contributed by atoms with Gasteiger partial charge in [0.05, 0.1) is 18.2 Å². The van der Waals surface area contributed by atoms with Crippen LogP contribution in [0.2, 0.25) is 0 Å². The molecule has 0 atom stereocenters. The predicted molar refractivity (Wildman–Crippen MR) is 105 cm³/mol. The zero-order valence-electron chi connectivity index (χ0n) is 15.6. The van der Waals surface area contributed by atoms with Crippen LogP contribution in [-0.4, -0.2) is 55.6 Å². The third kappa shape index (κ3) is 3.83. The highest BCUT2D eigenvalue weighted by molar-refractivity contribution is 5.99. The molecule has 1 saturated heterocycles. The van der Waals surface area contributed by atoms with Crippen LogP contribution in [0.5, 0.6) is 11.5 Å². The first-order valence-corrected chi connectivity index (χ1v) is 9.30. The first kappa shape index (κ1) is 17.6. The summed E-state index contributed by atoms with van der Waals surface area (Å²) >= 11 is 0. The maximum Gasteiger partial charge on any atom is 0.253 e. The number of rotatable bonds is 4. The lowest BCUT2D eigenvalue weighted by Crippen LogP contribution is -2.49. The van der Waals surface area contributed by atoms with E-state index in [-0.39, 0.29) is 5.91 Å². The van der Waals surface area contributed by atoms with Gasteiger partial charge in [0, 0.05) is 32.7 Å². The summed E-state index contributed by atoms with van der Waals surface area (Å²) in [5.74, 6) is 1.55. The first-order valence-electron chi connectivity index (χ1n) is 9.30. The second kappa shape index (κ2) is 7.84. The minimum atomic E-state index is 0.0610. The Kier molecular flexibility index (Phi) is 5.12. The van der Waals surface area contributed by atoms with Gasteiger partial charge >= 0.3 is 0 Å². The molecular weight excluding hydrogens is 340 g/mol. The zero-order chi connectivity index (χ0) is 18.6. The molecule has 0 aliphatic carbocycles. The van der Waals surface area contributed by atoms with Crippen molar-refractivity contribution in [3.63, 3.8) is 0 Å². The third-order valence-corrected chi connectivity index (χ3v) is 5.13. The van der Waals surface area contributed by atoms with Gasteiger partial charge in [-0.3, -0.25) is 9.69 Å². The number of ether oxygens (including phenoxy) is 2. The molecule has 0 spiro atoms. The molecular formula is C22H24N2O3. The van der Waals surface area contributed by atoms with E-state index in [2.05, 4.69) is 29.2 Å². The third-order valence-electron chi connectivity index (χ3n) is 5.13. The Balaban J connectivity index is 1.40. The zero-order valence-corrected chi connectivity index (χ0v) is 15.6. The van der Waals surface area contributed by atoms with E-state index in [0.717, 1.165) is 49.8 Å². The van der Waals surface area contributed by atoms with Gasteiger partial charge in [0.1, 0.15) is 18.1 Å². The van der Waals surface area contributed by atoms with Crippen molar-refractivity contribution in [1.82, 2.24) is 9.80 Å². The molecule has 2 aliphatic rings. The smallest absolute Gasteiger partial charge is 0.253 e. The van der Waals surface area contributed by atoms with Crippen molar-refractivity contribution in [1.29, 1.82) is 0 Å². The van der Waals surface area contributed by atoms with Gasteiger partial charge in [0.2, 0.25) is 0 Å². The molecule has 1 amide bonds. The number of hydrogen-bond donors (Lipinski definition) is 0. The summed E-state index contributed by atoms with van der Waals surface area (Å²) in [5, 5.41) is 0. The lowest BCUT2D eigenvalue weighted by atomic mass is 10.0. The molecule has 27 heavy (non-hydrogen) atoms. The highest BCUT2D eigenvalue weighted by atomic mass is 16.5. The highest BCUT2D eigenvalue weighted by Crippen LogP contribution is 2.34. The van der Waals surface area contributed by atoms with Crippen LogP contribution in [0.1, 0.15) is 11.1 Å². The van der Waals surface area contributed by atoms with Gasteiger partial charge in [-0.25, -0.2) is 0 Å². The van der Waals surface area contributed by atoms with Crippen molar-refractivity contribution in [3.05, 3.63) is 65.2 Å². The monoisotopic (exact) mass is 364 g/mol. The molecule has 0 aromatic heterocycles. The van der Waals surface area contributed by atoms with Crippen molar-refractivity contribution in [3.8, 4) is 11.5 Å². The standard InChI is InChI=1S/C22H24N2O3/c1-26-20-8-5-9-21-19(20)14-18(16-27-21)22(25)24-12-10-23(11-13-24)15-17-6-3-2-4-7-17/h2-9,14H,10-13,15-16H2,1H3. The summed E-state index contributed by atoms with van der Waals surface area (Å²) < 4.78 is 11.2. The summed E-state index contributed by atoms with van der Waals surface area (Å²) in [6, 6.07) is 16.1. The lowest BCUT2D eigenvalue weighted by molar-refractivity contribution is -0.129. The number of piperazine rings is 1. The van der Waals surface area contributed by atoms with Crippen molar-refractivity contribution in [2.45, 2.75) is 6.54 Å². The Bertz CT molecular complexity index is 840. The van der Waals surface area contributed by atoms with Crippen molar-refractivity contribution in [2.75, 3.05) is 39.9 Å². The molecule has 0 bridgehead atoms. The minimum Gasteiger partial charge on any atom is -0.496 e. The van der Waals surface area contributed by atoms with Gasteiger partial charge in [0.25, 0.3) is 5.91 Å². The van der Waals surface area contributed by atoms with Crippen LogP contribution >= 0.6 is 0 Å². The number of carbonyl (C=O) groups excluding carboxylic acids is 1. The molecule has 2 aliphatic heterocycles. The Hall–Kier alpha value is -2.79. The van der Waals surface area contributed by atoms with Gasteiger partial charge in [0.15, 0.2) is 0 Å². The second-order valence-corrected chi connectivity index (χ2v) is 6.88. The van der Waals surface area contributed by atoms with Gasteiger partial charge in [-0.1, -0.05) is 36.4 Å². The number of hydrogen-bond acceptors (Lipinski definition) is 4. The van der Waals surface area contributed by atoms with Crippen molar-refractivity contribution in [2.24, 2.45) is 0 Å². The summed E-state index contributed by atoms with van der Waals surface area (Å²) in [7, 11) is 1.63. The van der Waals surface area contributed by atoms with Crippen LogP contribution in [0.25, 0.3) is 6.08 Å². The van der Waals surface area contributed by atoms with Gasteiger partial charge < -0.3 is 14.4 Å². The Morgan fingerprint density at radius 3 is 2.56 bits per heavy atom. The van der Waals surface area contributed by atoms with Crippen molar-refractivity contribution < 1.29 is 14.3 Å². The van der Waals surface area contributed by atoms with E-state index in [1.807, 2.05) is 35.2 Å². The summed E-state index contributed by atoms with van der Waals surface area (Å²) in [4.78, 5) is 17.3. The molecule has 0 N–H and O–H groups in total. The van der Waals surface area contributed by atoms with Crippen LogP contribution in [0, 0.1) is 0 Å². The Morgan fingerprint density at radius 1 is 1.04 bits per heavy atom. The highest BCUT2D eigenvalue weighted by Gasteiger charge is 2.26. The van der Waals surface area contributed by atoms with E-state index in [0.29, 0.717) is 12.2 Å². The largest absolute Gasteiger partial charge is 0.496 e. The molecule has 1 fully saturated rings. The number of fused-ring (bicyclic) bond motifs is 1.